The molecule has 2 atom stereocenters. The maximum atomic E-state index is 13.2. The summed E-state index contributed by atoms with van der Waals surface area (Å²) in [6, 6.07) is 11.6. The van der Waals surface area contributed by atoms with E-state index in [9.17, 15) is 31.1 Å². The van der Waals surface area contributed by atoms with E-state index in [4.69, 9.17) is 34.0 Å². The van der Waals surface area contributed by atoms with Crippen LogP contribution in [0, 0.1) is 12.8 Å². The van der Waals surface area contributed by atoms with Crippen LogP contribution in [0.4, 0.5) is 32.0 Å². The number of carbonyl (C=O) groups is 3. The van der Waals surface area contributed by atoms with Crippen molar-refractivity contribution in [1.82, 2.24) is 15.1 Å². The molecule has 1 aromatic heterocycles. The summed E-state index contributed by atoms with van der Waals surface area (Å²) in [6.07, 6.45) is -6.73. The minimum absolute atomic E-state index is 0.0821. The number of aryl methyl sites for hydroxylation is 1. The Morgan fingerprint density at radius 3 is 2.21 bits per heavy atom. The van der Waals surface area contributed by atoms with E-state index in [2.05, 4.69) is 27.5 Å². The first-order valence-corrected chi connectivity index (χ1v) is 14.1. The summed E-state index contributed by atoms with van der Waals surface area (Å²) in [5, 5.41) is 24.5. The van der Waals surface area contributed by atoms with Crippen molar-refractivity contribution >= 4 is 23.5 Å². The third-order valence-corrected chi connectivity index (χ3v) is 7.05. The van der Waals surface area contributed by atoms with Gasteiger partial charge in [-0.05, 0) is 68.3 Å². The molecule has 262 valence electrons. The first-order chi connectivity index (χ1) is 22.4. The van der Waals surface area contributed by atoms with E-state index in [1.54, 1.807) is 13.3 Å². The molecule has 0 bridgehead atoms. The lowest BCUT2D eigenvalue weighted by Gasteiger charge is -2.25. The number of carboxylic acid groups (broad SMARTS) is 2. The number of hydrogen-bond acceptors (Lipinski definition) is 8. The number of benzene rings is 2. The van der Waals surface area contributed by atoms with Crippen molar-refractivity contribution in [2.24, 2.45) is 5.92 Å². The van der Waals surface area contributed by atoms with Gasteiger partial charge in [0, 0.05) is 24.3 Å². The number of aliphatic carboxylic acids is 2. The van der Waals surface area contributed by atoms with Gasteiger partial charge in [0.25, 0.3) is 0 Å². The summed E-state index contributed by atoms with van der Waals surface area (Å²) in [6.45, 7) is 4.17. The minimum atomic E-state index is -5.08. The number of aromatic amines is 1. The fraction of sp³-hybridized carbons (Fsp3) is 0.400. The molecule has 18 heteroatoms. The van der Waals surface area contributed by atoms with Crippen LogP contribution < -0.4 is 19.5 Å². The number of carbonyl (C=O) groups excluding carboxylic acids is 1. The Balaban J connectivity index is 0.000000376. The van der Waals surface area contributed by atoms with Crippen LogP contribution in [0.1, 0.15) is 17.7 Å². The minimum Gasteiger partial charge on any atom is -0.497 e. The number of carboxylic acids is 2. The SMILES string of the molecule is COc1ccc2c(c1)CC(C(=O)Nc1ccc(-c3cn[nH]c3C)cc1OC1CCN(C)C1)CO2.O=C(O)C(F)(F)F.O=C(O)C(F)(F)F. The molecular formula is C30H32F6N4O8. The second-order valence-electron chi connectivity index (χ2n) is 10.7. The molecule has 0 aliphatic carbocycles. The van der Waals surface area contributed by atoms with Crippen LogP contribution in [-0.4, -0.2) is 95.5 Å². The molecule has 5 rings (SSSR count). The standard InChI is InChI=1S/C26H30N4O4.2C2HF3O2/c1-16-22(13-27-29-16)17-4-6-23(25(12-17)34-21-8-9-30(2)14-21)28-26(31)19-10-18-11-20(32-3)5-7-24(18)33-15-19;2*3-2(4,5)1(6)7/h4-7,11-13,19,21H,8-10,14-15H2,1-3H3,(H,27,29)(H,28,31);2*(H,6,7). The molecule has 0 radical (unpaired) electrons. The van der Waals surface area contributed by atoms with E-state index >= 15 is 0 Å². The van der Waals surface area contributed by atoms with E-state index in [0.717, 1.165) is 53.4 Å². The number of likely N-dealkylation sites (tertiary alicyclic amines) is 1. The molecule has 2 aliphatic heterocycles. The number of fused-ring (bicyclic) bond motifs is 1. The highest BCUT2D eigenvalue weighted by Gasteiger charge is 2.39. The second kappa shape index (κ2) is 15.7. The van der Waals surface area contributed by atoms with Gasteiger partial charge in [-0.2, -0.15) is 31.4 Å². The highest BCUT2D eigenvalue weighted by Crippen LogP contribution is 2.35. The number of methoxy groups -OCH3 is 1. The Morgan fingerprint density at radius 2 is 1.69 bits per heavy atom. The molecule has 48 heavy (non-hydrogen) atoms. The summed E-state index contributed by atoms with van der Waals surface area (Å²) in [5.41, 5.74) is 4.63. The Labute approximate surface area is 269 Å². The first-order valence-electron chi connectivity index (χ1n) is 14.1. The Bertz CT molecular complexity index is 1570. The van der Waals surface area contributed by atoms with E-state index in [0.29, 0.717) is 24.5 Å². The summed E-state index contributed by atoms with van der Waals surface area (Å²) in [7, 11) is 3.72. The number of nitrogens with one attached hydrogen (secondary N) is 2. The molecule has 1 saturated heterocycles. The van der Waals surface area contributed by atoms with Crippen LogP contribution in [0.5, 0.6) is 17.2 Å². The lowest BCUT2D eigenvalue weighted by molar-refractivity contribution is -0.193. The fourth-order valence-corrected chi connectivity index (χ4v) is 4.60. The Morgan fingerprint density at radius 1 is 1.04 bits per heavy atom. The van der Waals surface area contributed by atoms with E-state index in [1.165, 1.54) is 0 Å². The quantitative estimate of drug-likeness (QED) is 0.261. The molecule has 1 amide bonds. The van der Waals surface area contributed by atoms with Gasteiger partial charge in [-0.1, -0.05) is 6.07 Å². The fourth-order valence-electron chi connectivity index (χ4n) is 4.60. The van der Waals surface area contributed by atoms with Gasteiger partial charge in [-0.25, -0.2) is 9.59 Å². The number of hydrogen-bond donors (Lipinski definition) is 4. The number of nitrogens with zero attached hydrogens (tertiary/aromatic N) is 2. The van der Waals surface area contributed by atoms with Crippen LogP contribution in [0.25, 0.3) is 11.1 Å². The van der Waals surface area contributed by atoms with Crippen LogP contribution >= 0.6 is 0 Å². The van der Waals surface area contributed by atoms with Crippen LogP contribution in [0.15, 0.2) is 42.6 Å². The molecule has 4 N–H and O–H groups in total. The summed E-state index contributed by atoms with van der Waals surface area (Å²) in [4.78, 5) is 33.3. The third-order valence-electron chi connectivity index (χ3n) is 7.05. The zero-order valence-electron chi connectivity index (χ0n) is 25.7. The largest absolute Gasteiger partial charge is 0.497 e. The lowest BCUT2D eigenvalue weighted by atomic mass is 9.95. The van der Waals surface area contributed by atoms with Crippen LogP contribution in [0.3, 0.4) is 0 Å². The normalized spacial score (nSPS) is 17.4. The number of rotatable bonds is 6. The van der Waals surface area contributed by atoms with E-state index < -0.39 is 24.3 Å². The number of anilines is 1. The van der Waals surface area contributed by atoms with E-state index in [-0.39, 0.29) is 17.9 Å². The Hall–Kier alpha value is -5.00. The molecule has 12 nitrogen and oxygen atoms in total. The highest BCUT2D eigenvalue weighted by atomic mass is 19.4. The Kier molecular flexibility index (Phi) is 12.3. The molecule has 2 aliphatic rings. The molecule has 0 spiro atoms. The van der Waals surface area contributed by atoms with Crippen molar-refractivity contribution in [3.63, 3.8) is 0 Å². The second-order valence-corrected chi connectivity index (χ2v) is 10.7. The summed E-state index contributed by atoms with van der Waals surface area (Å²) >= 11 is 0. The lowest BCUT2D eigenvalue weighted by Crippen LogP contribution is -2.33. The number of H-pyrrole nitrogens is 1. The first kappa shape index (κ1) is 37.5. The molecule has 3 heterocycles. The maximum absolute atomic E-state index is 13.2. The van der Waals surface area contributed by atoms with E-state index in [1.807, 2.05) is 43.3 Å². The van der Waals surface area contributed by atoms with Gasteiger partial charge in [0.2, 0.25) is 5.91 Å². The van der Waals surface area contributed by atoms with Crippen molar-refractivity contribution in [1.29, 1.82) is 0 Å². The zero-order valence-corrected chi connectivity index (χ0v) is 25.7. The van der Waals surface area contributed by atoms with Gasteiger partial charge in [-0.3, -0.25) is 9.89 Å². The van der Waals surface area contributed by atoms with Crippen molar-refractivity contribution in [2.75, 3.05) is 39.2 Å². The number of aromatic nitrogens is 2. The molecule has 1 fully saturated rings. The molecule has 0 saturated carbocycles. The van der Waals surface area contributed by atoms with Crippen LogP contribution in [0.2, 0.25) is 0 Å². The monoisotopic (exact) mass is 690 g/mol. The van der Waals surface area contributed by atoms with Crippen LogP contribution in [-0.2, 0) is 20.8 Å². The van der Waals surface area contributed by atoms with Gasteiger partial charge in [0.15, 0.2) is 0 Å². The van der Waals surface area contributed by atoms with Crippen molar-refractivity contribution in [3.8, 4) is 28.4 Å². The van der Waals surface area contributed by atoms with Gasteiger partial charge in [-0.15, -0.1) is 0 Å². The third kappa shape index (κ3) is 10.5. The predicted molar refractivity (Wildman–Crippen MR) is 157 cm³/mol. The zero-order chi connectivity index (χ0) is 35.8. The van der Waals surface area contributed by atoms with Gasteiger partial charge in [0.05, 0.1) is 24.9 Å². The summed E-state index contributed by atoms with van der Waals surface area (Å²) < 4.78 is 81.1. The van der Waals surface area contributed by atoms with Crippen molar-refractivity contribution in [2.45, 2.75) is 38.2 Å². The average Bonchev–Trinajstić information content (AvgIpc) is 3.64. The molecule has 2 aromatic carbocycles. The topological polar surface area (TPSA) is 163 Å². The molecular weight excluding hydrogens is 658 g/mol. The van der Waals surface area contributed by atoms with Crippen molar-refractivity contribution < 1.29 is 65.1 Å². The van der Waals surface area contributed by atoms with Gasteiger partial charge in [0.1, 0.15) is 30.0 Å². The number of alkyl halides is 6. The number of ether oxygens (including phenoxy) is 3. The highest BCUT2D eigenvalue weighted by molar-refractivity contribution is 5.95. The van der Waals surface area contributed by atoms with Gasteiger partial charge < -0.3 is 34.6 Å². The number of amides is 1. The smallest absolute Gasteiger partial charge is 0.490 e. The molecule has 3 aromatic rings. The van der Waals surface area contributed by atoms with Crippen molar-refractivity contribution in [3.05, 3.63) is 53.9 Å². The number of halogens is 6. The maximum Gasteiger partial charge on any atom is 0.490 e. The number of likely N-dealkylation sites (N-methyl/N-ethyl adjacent to an activating group) is 1. The average molecular weight is 691 g/mol. The van der Waals surface area contributed by atoms with Gasteiger partial charge >= 0.3 is 24.3 Å². The molecule has 2 unspecified atom stereocenters. The predicted octanol–water partition coefficient (Wildman–Crippen LogP) is 4.93. The summed E-state index contributed by atoms with van der Waals surface area (Å²) in [5.74, 6) is -3.68.